The van der Waals surface area contributed by atoms with Gasteiger partial charge in [0.2, 0.25) is 0 Å². The van der Waals surface area contributed by atoms with Crippen LogP contribution < -0.4 is 20.7 Å². The summed E-state index contributed by atoms with van der Waals surface area (Å²) in [5.41, 5.74) is 11.4. The number of anilines is 1. The van der Waals surface area contributed by atoms with Crippen LogP contribution in [-0.4, -0.2) is 47.8 Å². The highest BCUT2D eigenvalue weighted by Crippen LogP contribution is 2.41. The van der Waals surface area contributed by atoms with Crippen molar-refractivity contribution in [2.24, 2.45) is 5.73 Å². The molecule has 27 heavy (non-hydrogen) atoms. The molecular formula is C20H26N6O. The maximum absolute atomic E-state index is 6.12. The molecule has 1 aromatic heterocycles. The van der Waals surface area contributed by atoms with E-state index in [1.54, 1.807) is 7.11 Å². The third-order valence-corrected chi connectivity index (χ3v) is 5.99. The van der Waals surface area contributed by atoms with Crippen LogP contribution in [0, 0.1) is 0 Å². The lowest BCUT2D eigenvalue weighted by molar-refractivity contribution is 0.198. The van der Waals surface area contributed by atoms with Gasteiger partial charge in [-0.25, -0.2) is 0 Å². The molecule has 142 valence electrons. The number of nitrogens with zero attached hydrogens (tertiary/aromatic N) is 4. The zero-order valence-electron chi connectivity index (χ0n) is 15.7. The van der Waals surface area contributed by atoms with Gasteiger partial charge in [0.05, 0.1) is 19.0 Å². The molecular weight excluding hydrogens is 340 g/mol. The van der Waals surface area contributed by atoms with Gasteiger partial charge in [-0.2, -0.15) is 9.97 Å². The van der Waals surface area contributed by atoms with Gasteiger partial charge in [-0.15, -0.1) is 0 Å². The normalized spacial score (nSPS) is 24.7. The largest absolute Gasteiger partial charge is 0.467 e. The van der Waals surface area contributed by atoms with Crippen LogP contribution in [0.15, 0.2) is 24.3 Å². The molecule has 7 nitrogen and oxygen atoms in total. The number of fused-ring (bicyclic) bond motifs is 2. The number of aryl methyl sites for hydroxylation is 1. The van der Waals surface area contributed by atoms with Crippen LogP contribution in [-0.2, 0) is 19.5 Å². The Hall–Kier alpha value is -2.22. The van der Waals surface area contributed by atoms with Crippen LogP contribution in [0.4, 0.5) is 5.82 Å². The van der Waals surface area contributed by atoms with Crippen molar-refractivity contribution in [3.05, 3.63) is 46.6 Å². The minimum absolute atomic E-state index is 0.0328. The molecule has 1 saturated heterocycles. The summed E-state index contributed by atoms with van der Waals surface area (Å²) in [6.45, 7) is 4.23. The second-order valence-corrected chi connectivity index (χ2v) is 7.62. The average molecular weight is 366 g/mol. The number of nitrogens with two attached hydrogens (primary N) is 1. The van der Waals surface area contributed by atoms with E-state index < -0.39 is 0 Å². The van der Waals surface area contributed by atoms with Gasteiger partial charge in [0.1, 0.15) is 5.82 Å². The molecule has 1 aromatic carbocycles. The second kappa shape index (κ2) is 6.74. The number of hydrogen-bond acceptors (Lipinski definition) is 7. The lowest BCUT2D eigenvalue weighted by Gasteiger charge is -2.33. The predicted octanol–water partition coefficient (Wildman–Crippen LogP) is 1.18. The number of ether oxygens (including phenoxy) is 1. The van der Waals surface area contributed by atoms with Gasteiger partial charge in [0.15, 0.2) is 0 Å². The van der Waals surface area contributed by atoms with E-state index >= 15 is 0 Å². The molecule has 3 aliphatic rings. The minimum Gasteiger partial charge on any atom is -0.467 e. The summed E-state index contributed by atoms with van der Waals surface area (Å²) >= 11 is 0. The molecule has 3 heterocycles. The van der Waals surface area contributed by atoms with E-state index in [0.717, 1.165) is 50.7 Å². The first kappa shape index (κ1) is 16.9. The molecule has 0 spiro atoms. The van der Waals surface area contributed by atoms with Gasteiger partial charge in [-0.1, -0.05) is 24.3 Å². The highest BCUT2D eigenvalue weighted by atomic mass is 16.5. The Kier molecular flexibility index (Phi) is 4.22. The summed E-state index contributed by atoms with van der Waals surface area (Å²) in [5.74, 6) is 0.989. The Morgan fingerprint density at radius 3 is 2.96 bits per heavy atom. The predicted molar refractivity (Wildman–Crippen MR) is 104 cm³/mol. The molecule has 1 fully saturated rings. The SMILES string of the molecule is COc1nc2c(c(N3CCN[C@@H](N)C3)n1)CN(C1CCc3ccccc31)C2. The molecule has 1 unspecified atom stereocenters. The first-order valence-electron chi connectivity index (χ1n) is 9.72. The highest BCUT2D eigenvalue weighted by Gasteiger charge is 2.35. The topological polar surface area (TPSA) is 79.5 Å². The van der Waals surface area contributed by atoms with Gasteiger partial charge in [0, 0.05) is 44.3 Å². The number of nitrogens with one attached hydrogen (secondary N) is 1. The molecule has 0 radical (unpaired) electrons. The Morgan fingerprint density at radius 1 is 1.22 bits per heavy atom. The summed E-state index contributed by atoms with van der Waals surface area (Å²) in [4.78, 5) is 14.2. The third kappa shape index (κ3) is 2.96. The lowest BCUT2D eigenvalue weighted by Crippen LogP contribution is -2.55. The third-order valence-electron chi connectivity index (χ3n) is 5.99. The van der Waals surface area contributed by atoms with E-state index in [9.17, 15) is 0 Å². The van der Waals surface area contributed by atoms with Crippen LogP contribution >= 0.6 is 0 Å². The monoisotopic (exact) mass is 366 g/mol. The van der Waals surface area contributed by atoms with Gasteiger partial charge in [-0.3, -0.25) is 10.2 Å². The van der Waals surface area contributed by atoms with Crippen molar-refractivity contribution in [1.29, 1.82) is 0 Å². The molecule has 2 aromatic rings. The number of rotatable bonds is 3. The van der Waals surface area contributed by atoms with Crippen LogP contribution in [0.3, 0.4) is 0 Å². The number of benzene rings is 1. The summed E-state index contributed by atoms with van der Waals surface area (Å²) in [6, 6.07) is 9.73. The van der Waals surface area contributed by atoms with Gasteiger partial charge in [0.25, 0.3) is 0 Å². The molecule has 7 heteroatoms. The number of piperazine rings is 1. The lowest BCUT2D eigenvalue weighted by atomic mass is 10.1. The average Bonchev–Trinajstić information content (AvgIpc) is 3.30. The number of hydrogen-bond donors (Lipinski definition) is 2. The first-order valence-corrected chi connectivity index (χ1v) is 9.72. The molecule has 5 rings (SSSR count). The Bertz CT molecular complexity index is 856. The highest BCUT2D eigenvalue weighted by molar-refractivity contribution is 5.52. The van der Waals surface area contributed by atoms with Crippen LogP contribution in [0.1, 0.15) is 34.8 Å². The number of aromatic nitrogens is 2. The van der Waals surface area contributed by atoms with Gasteiger partial charge >= 0.3 is 6.01 Å². The summed E-state index contributed by atoms with van der Waals surface area (Å²) in [5, 5.41) is 3.29. The fourth-order valence-corrected chi connectivity index (χ4v) is 4.70. The van der Waals surface area contributed by atoms with Crippen molar-refractivity contribution in [1.82, 2.24) is 20.2 Å². The summed E-state index contributed by atoms with van der Waals surface area (Å²) < 4.78 is 5.40. The molecule has 0 saturated carbocycles. The van der Waals surface area contributed by atoms with Gasteiger partial charge in [-0.05, 0) is 24.0 Å². The van der Waals surface area contributed by atoms with E-state index in [1.165, 1.54) is 23.1 Å². The smallest absolute Gasteiger partial charge is 0.318 e. The van der Waals surface area contributed by atoms with Gasteiger partial charge < -0.3 is 15.4 Å². The van der Waals surface area contributed by atoms with Crippen LogP contribution in [0.2, 0.25) is 0 Å². The van der Waals surface area contributed by atoms with Crippen LogP contribution in [0.25, 0.3) is 0 Å². The Labute approximate surface area is 159 Å². The van der Waals surface area contributed by atoms with E-state index in [1.807, 2.05) is 0 Å². The quantitative estimate of drug-likeness (QED) is 0.844. The molecule has 2 atom stereocenters. The Balaban J connectivity index is 1.47. The van der Waals surface area contributed by atoms with E-state index in [2.05, 4.69) is 44.4 Å². The van der Waals surface area contributed by atoms with Crippen molar-refractivity contribution in [3.8, 4) is 6.01 Å². The molecule has 3 N–H and O–H groups in total. The number of methoxy groups -OCH3 is 1. The second-order valence-electron chi connectivity index (χ2n) is 7.62. The van der Waals surface area contributed by atoms with E-state index in [0.29, 0.717) is 12.1 Å². The maximum Gasteiger partial charge on any atom is 0.318 e. The van der Waals surface area contributed by atoms with E-state index in [4.69, 9.17) is 15.5 Å². The minimum atomic E-state index is -0.0328. The molecule has 2 aliphatic heterocycles. The zero-order valence-corrected chi connectivity index (χ0v) is 15.7. The maximum atomic E-state index is 6.12. The fraction of sp³-hybridized carbons (Fsp3) is 0.500. The summed E-state index contributed by atoms with van der Waals surface area (Å²) in [6.07, 6.45) is 2.29. The molecule has 0 amide bonds. The van der Waals surface area contributed by atoms with Crippen LogP contribution in [0.5, 0.6) is 6.01 Å². The first-order chi connectivity index (χ1) is 13.2. The standard InChI is InChI=1S/C20H26N6O/c1-27-20-23-16-11-26(17-7-6-13-4-2-3-5-14(13)17)10-15(16)19(24-20)25-9-8-22-18(21)12-25/h2-5,17-18,22H,6-12,21H2,1H3/t17?,18-/m1/s1. The molecule has 0 bridgehead atoms. The zero-order chi connectivity index (χ0) is 18.4. The fourth-order valence-electron chi connectivity index (χ4n) is 4.70. The van der Waals surface area contributed by atoms with E-state index in [-0.39, 0.29) is 6.17 Å². The van der Waals surface area contributed by atoms with Crippen molar-refractivity contribution in [3.63, 3.8) is 0 Å². The molecule has 1 aliphatic carbocycles. The van der Waals surface area contributed by atoms with Crippen molar-refractivity contribution in [2.45, 2.75) is 38.1 Å². The van der Waals surface area contributed by atoms with Crippen molar-refractivity contribution < 1.29 is 4.74 Å². The van der Waals surface area contributed by atoms with Crippen molar-refractivity contribution >= 4 is 5.82 Å². The summed E-state index contributed by atoms with van der Waals surface area (Å²) in [7, 11) is 1.63. The van der Waals surface area contributed by atoms with Crippen molar-refractivity contribution in [2.75, 3.05) is 31.6 Å². The Morgan fingerprint density at radius 2 is 2.11 bits per heavy atom.